The number of alkyl halides is 5. The molecule has 0 bridgehead atoms. The molecule has 27 heavy (non-hydrogen) atoms. The Morgan fingerprint density at radius 1 is 0.852 bits per heavy atom. The lowest BCUT2D eigenvalue weighted by atomic mass is 9.60. The highest BCUT2D eigenvalue weighted by Crippen LogP contribution is 2.48. The van der Waals surface area contributed by atoms with Crippen LogP contribution < -0.4 is 0 Å². The summed E-state index contributed by atoms with van der Waals surface area (Å²) in [6.45, 7) is 9.85. The zero-order valence-electron chi connectivity index (χ0n) is 16.9. The first-order valence-electron chi connectivity index (χ1n) is 8.56. The molecule has 0 aliphatic carbocycles. The Morgan fingerprint density at radius 3 is 1.70 bits per heavy atom. The van der Waals surface area contributed by atoms with Crippen LogP contribution in [0.1, 0.15) is 61.3 Å². The molecule has 0 N–H and O–H groups in total. The summed E-state index contributed by atoms with van der Waals surface area (Å²) in [4.78, 5) is 24.1. The summed E-state index contributed by atoms with van der Waals surface area (Å²) in [5.41, 5.74) is -1.78. The average Bonchev–Trinajstić information content (AvgIpc) is 2.47. The number of carbonyl (C=O) groups excluding carboxylic acids is 2. The summed E-state index contributed by atoms with van der Waals surface area (Å²) in [5, 5.41) is 0. The molecule has 0 saturated carbocycles. The zero-order chi connectivity index (χ0) is 21.9. The lowest BCUT2D eigenvalue weighted by Crippen LogP contribution is -2.45. The van der Waals surface area contributed by atoms with Gasteiger partial charge < -0.3 is 9.47 Å². The molecule has 0 heterocycles. The molecule has 0 aliphatic heterocycles. The largest absolute Gasteiger partial charge is 0.456 e. The van der Waals surface area contributed by atoms with Crippen LogP contribution in [0.4, 0.5) is 22.0 Å². The van der Waals surface area contributed by atoms with Crippen molar-refractivity contribution in [3.8, 4) is 0 Å². The molecule has 0 saturated heterocycles. The topological polar surface area (TPSA) is 52.6 Å². The van der Waals surface area contributed by atoms with Crippen LogP contribution in [0.25, 0.3) is 0 Å². The molecule has 0 radical (unpaired) electrons. The highest BCUT2D eigenvalue weighted by Gasteiger charge is 2.58. The summed E-state index contributed by atoms with van der Waals surface area (Å²) in [6, 6.07) is 0. The Kier molecular flexibility index (Phi) is 7.87. The van der Waals surface area contributed by atoms with Crippen LogP contribution in [0.3, 0.4) is 0 Å². The normalized spacial score (nSPS) is 15.9. The highest BCUT2D eigenvalue weighted by atomic mass is 19.4. The molecule has 0 aromatic rings. The minimum atomic E-state index is -5.83. The fourth-order valence-corrected chi connectivity index (χ4v) is 2.30. The van der Waals surface area contributed by atoms with Crippen LogP contribution in [0.5, 0.6) is 0 Å². The van der Waals surface area contributed by atoms with Gasteiger partial charge in [-0.05, 0) is 24.2 Å². The van der Waals surface area contributed by atoms with E-state index in [2.05, 4.69) is 4.74 Å². The zero-order valence-corrected chi connectivity index (χ0v) is 16.9. The van der Waals surface area contributed by atoms with Gasteiger partial charge in [0.1, 0.15) is 0 Å². The van der Waals surface area contributed by atoms with Crippen molar-refractivity contribution in [3.63, 3.8) is 0 Å². The van der Waals surface area contributed by atoms with Gasteiger partial charge in [0.2, 0.25) is 0 Å². The number of ether oxygens (including phenoxy) is 2. The smallest absolute Gasteiger partial charge is 0.456 e. The van der Waals surface area contributed by atoms with E-state index in [4.69, 9.17) is 4.74 Å². The second-order valence-electron chi connectivity index (χ2n) is 8.72. The number of esters is 2. The number of hydrogen-bond acceptors (Lipinski definition) is 4. The first-order chi connectivity index (χ1) is 11.8. The SMILES string of the molecule is CCC(C)(C)CC(C)(C(=O)OCC(=O)OCC(F)(F)C(F)(F)F)C(C)(C)C. The third-order valence-electron chi connectivity index (χ3n) is 5.05. The van der Waals surface area contributed by atoms with Crippen molar-refractivity contribution in [1.29, 1.82) is 0 Å². The molecule has 9 heteroatoms. The second kappa shape index (κ2) is 8.31. The summed E-state index contributed by atoms with van der Waals surface area (Å²) in [6.07, 6.45) is -4.62. The van der Waals surface area contributed by atoms with Crippen LogP contribution in [0, 0.1) is 16.2 Å². The van der Waals surface area contributed by atoms with Crippen LogP contribution in [0.2, 0.25) is 0 Å². The predicted molar refractivity (Wildman–Crippen MR) is 89.2 cm³/mol. The number of carbonyl (C=O) groups is 2. The molecule has 0 amide bonds. The number of hydrogen-bond donors (Lipinski definition) is 0. The van der Waals surface area contributed by atoms with Gasteiger partial charge >= 0.3 is 24.0 Å². The Bertz CT molecular complexity index is 535. The van der Waals surface area contributed by atoms with Crippen LogP contribution >= 0.6 is 0 Å². The van der Waals surface area contributed by atoms with E-state index in [9.17, 15) is 31.5 Å². The fraction of sp³-hybridized carbons (Fsp3) is 0.889. The fourth-order valence-electron chi connectivity index (χ4n) is 2.30. The summed E-state index contributed by atoms with van der Waals surface area (Å²) in [7, 11) is 0. The summed E-state index contributed by atoms with van der Waals surface area (Å²) in [5.74, 6) is -7.38. The number of halogens is 5. The second-order valence-corrected chi connectivity index (χ2v) is 8.72. The van der Waals surface area contributed by atoms with Crippen molar-refractivity contribution in [1.82, 2.24) is 0 Å². The Labute approximate surface area is 156 Å². The molecule has 0 spiro atoms. The maximum Gasteiger partial charge on any atom is 0.456 e. The Balaban J connectivity index is 5.00. The first kappa shape index (κ1) is 25.6. The Morgan fingerprint density at radius 2 is 1.33 bits per heavy atom. The first-order valence-corrected chi connectivity index (χ1v) is 8.56. The van der Waals surface area contributed by atoms with Gasteiger partial charge in [0.05, 0.1) is 5.41 Å². The maximum absolute atomic E-state index is 12.8. The van der Waals surface area contributed by atoms with Gasteiger partial charge in [-0.25, -0.2) is 4.79 Å². The van der Waals surface area contributed by atoms with E-state index in [1.165, 1.54) is 0 Å². The van der Waals surface area contributed by atoms with Gasteiger partial charge in [-0.3, -0.25) is 4.79 Å². The maximum atomic E-state index is 12.8. The monoisotopic (exact) mass is 404 g/mol. The lowest BCUT2D eigenvalue weighted by molar-refractivity contribution is -0.294. The predicted octanol–water partition coefficient (Wildman–Crippen LogP) is 5.15. The third kappa shape index (κ3) is 6.92. The van der Waals surface area contributed by atoms with Crippen molar-refractivity contribution in [2.75, 3.05) is 13.2 Å². The van der Waals surface area contributed by atoms with Gasteiger partial charge in [0.15, 0.2) is 13.2 Å². The van der Waals surface area contributed by atoms with E-state index in [1.54, 1.807) is 6.92 Å². The molecular formula is C18H29F5O4. The summed E-state index contributed by atoms with van der Waals surface area (Å²) >= 11 is 0. The summed E-state index contributed by atoms with van der Waals surface area (Å²) < 4.78 is 70.5. The van der Waals surface area contributed by atoms with Crippen LogP contribution in [-0.2, 0) is 19.1 Å². The van der Waals surface area contributed by atoms with Gasteiger partial charge in [-0.15, -0.1) is 0 Å². The molecule has 1 unspecified atom stereocenters. The molecule has 0 rings (SSSR count). The van der Waals surface area contributed by atoms with E-state index >= 15 is 0 Å². The number of rotatable bonds is 8. The van der Waals surface area contributed by atoms with E-state index < -0.39 is 48.1 Å². The highest BCUT2D eigenvalue weighted by molar-refractivity contribution is 5.81. The van der Waals surface area contributed by atoms with E-state index in [1.807, 2.05) is 41.5 Å². The molecule has 0 aromatic carbocycles. The van der Waals surface area contributed by atoms with E-state index in [0.29, 0.717) is 6.42 Å². The van der Waals surface area contributed by atoms with Gasteiger partial charge in [0.25, 0.3) is 0 Å². The van der Waals surface area contributed by atoms with Gasteiger partial charge in [-0.1, -0.05) is 48.0 Å². The average molecular weight is 404 g/mol. The van der Waals surface area contributed by atoms with Crippen molar-refractivity contribution < 1.29 is 41.0 Å². The van der Waals surface area contributed by atoms with Crippen LogP contribution in [-0.4, -0.2) is 37.3 Å². The molecule has 160 valence electrons. The van der Waals surface area contributed by atoms with Crippen molar-refractivity contribution in [2.24, 2.45) is 16.2 Å². The molecule has 1 atom stereocenters. The molecule has 0 aromatic heterocycles. The molecule has 0 fully saturated rings. The van der Waals surface area contributed by atoms with Gasteiger partial charge in [-0.2, -0.15) is 22.0 Å². The molecule has 4 nitrogen and oxygen atoms in total. The molecular weight excluding hydrogens is 375 g/mol. The Hall–Kier alpha value is -1.41. The standard InChI is InChI=1S/C18H29F5O4/c1-8-15(5,6)10-16(7,14(2,3)4)13(25)26-9-12(24)27-11-17(19,20)18(21,22)23/h8-11H2,1-7H3. The minimum Gasteiger partial charge on any atom is -0.456 e. The minimum absolute atomic E-state index is 0.212. The van der Waals surface area contributed by atoms with E-state index in [-0.39, 0.29) is 5.41 Å². The van der Waals surface area contributed by atoms with E-state index in [0.717, 1.165) is 6.42 Å². The third-order valence-corrected chi connectivity index (χ3v) is 5.05. The molecule has 0 aliphatic rings. The lowest BCUT2D eigenvalue weighted by Gasteiger charge is -2.44. The quantitative estimate of drug-likeness (QED) is 0.415. The van der Waals surface area contributed by atoms with Crippen molar-refractivity contribution >= 4 is 11.9 Å². The van der Waals surface area contributed by atoms with Crippen LogP contribution in [0.15, 0.2) is 0 Å². The van der Waals surface area contributed by atoms with Gasteiger partial charge in [0, 0.05) is 0 Å². The van der Waals surface area contributed by atoms with Crippen molar-refractivity contribution in [2.45, 2.75) is 73.4 Å². The van der Waals surface area contributed by atoms with Crippen molar-refractivity contribution in [3.05, 3.63) is 0 Å².